The zero-order chi connectivity index (χ0) is 25.4. The molecule has 1 N–H and O–H groups in total. The van der Waals surface area contributed by atoms with E-state index in [-0.39, 0.29) is 34.7 Å². The van der Waals surface area contributed by atoms with Crippen molar-refractivity contribution in [2.45, 2.75) is 38.5 Å². The van der Waals surface area contributed by atoms with Crippen LogP contribution in [-0.4, -0.2) is 34.1 Å². The van der Waals surface area contributed by atoms with Crippen molar-refractivity contribution in [2.75, 3.05) is 6.61 Å². The number of nitrogens with one attached hydrogen (secondary N) is 1. The highest BCUT2D eigenvalue weighted by Gasteiger charge is 2.33. The van der Waals surface area contributed by atoms with Gasteiger partial charge in [-0.05, 0) is 61.7 Å². The second-order valence-electron chi connectivity index (χ2n) is 8.32. The van der Waals surface area contributed by atoms with Gasteiger partial charge in [0.25, 0.3) is 5.89 Å². The Kier molecular flexibility index (Phi) is 5.88. The number of nitriles is 1. The highest BCUT2D eigenvalue weighted by molar-refractivity contribution is 5.89. The number of alkyl halides is 3. The van der Waals surface area contributed by atoms with Crippen LogP contribution in [0, 0.1) is 11.3 Å². The van der Waals surface area contributed by atoms with Crippen LogP contribution in [0.4, 0.5) is 13.2 Å². The van der Waals surface area contributed by atoms with Crippen LogP contribution in [0.2, 0.25) is 0 Å². The lowest BCUT2D eigenvalue weighted by molar-refractivity contribution is -0.274. The van der Waals surface area contributed by atoms with Gasteiger partial charge in [-0.3, -0.25) is 4.79 Å². The Bertz CT molecular complexity index is 1500. The molecule has 2 heterocycles. The number of rotatable bonds is 6. The van der Waals surface area contributed by atoms with E-state index in [1.807, 2.05) is 12.1 Å². The molecule has 4 aromatic rings. The van der Waals surface area contributed by atoms with Crippen molar-refractivity contribution < 1.29 is 32.0 Å². The van der Waals surface area contributed by atoms with Gasteiger partial charge in [0.2, 0.25) is 5.82 Å². The van der Waals surface area contributed by atoms with E-state index in [1.54, 1.807) is 19.1 Å². The summed E-state index contributed by atoms with van der Waals surface area (Å²) in [5.74, 6) is -0.568. The summed E-state index contributed by atoms with van der Waals surface area (Å²) in [4.78, 5) is 19.7. The fourth-order valence-corrected chi connectivity index (χ4v) is 4.53. The average Bonchev–Trinajstić information content (AvgIpc) is 3.54. The van der Waals surface area contributed by atoms with Gasteiger partial charge in [0.1, 0.15) is 11.8 Å². The van der Waals surface area contributed by atoms with Crippen LogP contribution in [0.1, 0.15) is 42.5 Å². The molecule has 1 aliphatic carbocycles. The fourth-order valence-electron chi connectivity index (χ4n) is 4.53. The molecule has 0 amide bonds. The van der Waals surface area contributed by atoms with Crippen molar-refractivity contribution in [3.05, 3.63) is 53.2 Å². The third-order valence-corrected chi connectivity index (χ3v) is 6.07. The summed E-state index contributed by atoms with van der Waals surface area (Å²) in [6.07, 6.45) is -2.98. The van der Waals surface area contributed by atoms with E-state index < -0.39 is 12.1 Å². The molecule has 36 heavy (non-hydrogen) atoms. The first kappa shape index (κ1) is 23.4. The number of hydrogen-bond acceptors (Lipinski definition) is 7. The molecule has 1 aliphatic rings. The van der Waals surface area contributed by atoms with Crippen LogP contribution < -0.4 is 4.74 Å². The maximum atomic E-state index is 12.7. The molecule has 184 valence electrons. The Morgan fingerprint density at radius 3 is 2.81 bits per heavy atom. The number of carbonyl (C=O) groups is 1. The van der Waals surface area contributed by atoms with E-state index in [1.165, 1.54) is 12.1 Å². The van der Waals surface area contributed by atoms with E-state index >= 15 is 0 Å². The Labute approximate surface area is 202 Å². The van der Waals surface area contributed by atoms with Crippen LogP contribution in [0.3, 0.4) is 0 Å². The third-order valence-electron chi connectivity index (χ3n) is 6.07. The molecule has 11 heteroatoms. The molecule has 0 fully saturated rings. The number of benzene rings is 2. The highest BCUT2D eigenvalue weighted by atomic mass is 19.4. The number of aromatic amines is 1. The molecule has 0 saturated heterocycles. The van der Waals surface area contributed by atoms with Gasteiger partial charge in [0, 0.05) is 33.6 Å². The second-order valence-corrected chi connectivity index (χ2v) is 8.32. The topological polar surface area (TPSA) is 114 Å². The maximum absolute atomic E-state index is 12.7. The highest BCUT2D eigenvalue weighted by Crippen LogP contribution is 2.40. The van der Waals surface area contributed by atoms with Gasteiger partial charge in [-0.1, -0.05) is 5.16 Å². The van der Waals surface area contributed by atoms with Crippen LogP contribution in [0.5, 0.6) is 5.75 Å². The summed E-state index contributed by atoms with van der Waals surface area (Å²) in [5.41, 5.74) is 3.64. The molecule has 1 unspecified atom stereocenters. The summed E-state index contributed by atoms with van der Waals surface area (Å²) in [5, 5.41) is 14.0. The summed E-state index contributed by atoms with van der Waals surface area (Å²) in [6.45, 7) is 2.13. The summed E-state index contributed by atoms with van der Waals surface area (Å²) in [7, 11) is 0. The van der Waals surface area contributed by atoms with Gasteiger partial charge >= 0.3 is 12.3 Å². The quantitative estimate of drug-likeness (QED) is 0.344. The van der Waals surface area contributed by atoms with Gasteiger partial charge in [-0.15, -0.1) is 13.2 Å². The number of H-pyrrole nitrogens is 1. The molecule has 0 spiro atoms. The molecular weight excluding hydrogens is 477 g/mol. The lowest BCUT2D eigenvalue weighted by atomic mass is 10.0. The van der Waals surface area contributed by atoms with Crippen molar-refractivity contribution in [3.63, 3.8) is 0 Å². The standard InChI is InChI=1S/C25H19F3N4O4/c1-2-34-21(33)11-13-5-7-17-18-9-14(6-8-19(18)30-22(13)17)23-31-24(36-32-23)15-3-4-16(12-29)20(10-15)35-25(26,27)28/h3-4,6,8-10,13,30H,2,5,7,11H2,1H3. The van der Waals surface area contributed by atoms with E-state index in [2.05, 4.69) is 19.9 Å². The molecule has 1 atom stereocenters. The maximum Gasteiger partial charge on any atom is 0.573 e. The predicted molar refractivity (Wildman–Crippen MR) is 121 cm³/mol. The van der Waals surface area contributed by atoms with Crippen LogP contribution in [-0.2, 0) is 16.0 Å². The van der Waals surface area contributed by atoms with Crippen LogP contribution in [0.25, 0.3) is 33.7 Å². The van der Waals surface area contributed by atoms with E-state index in [4.69, 9.17) is 14.5 Å². The normalized spacial score (nSPS) is 15.0. The fraction of sp³-hybridized carbons (Fsp3) is 0.280. The Hall–Kier alpha value is -4.33. The summed E-state index contributed by atoms with van der Waals surface area (Å²) in [6, 6.07) is 10.9. The van der Waals surface area contributed by atoms with Crippen LogP contribution in [0.15, 0.2) is 40.9 Å². The van der Waals surface area contributed by atoms with E-state index in [0.717, 1.165) is 41.1 Å². The SMILES string of the molecule is CCOC(=O)CC1CCc2c1[nH]c1ccc(-c3noc(-c4ccc(C#N)c(OC(F)(F)F)c4)n3)cc21. The molecule has 2 aromatic heterocycles. The predicted octanol–water partition coefficient (Wildman–Crippen LogP) is 5.64. The van der Waals surface area contributed by atoms with Gasteiger partial charge in [0.15, 0.2) is 0 Å². The number of nitrogens with zero attached hydrogens (tertiary/aromatic N) is 3. The number of halogens is 3. The smallest absolute Gasteiger partial charge is 0.466 e. The Morgan fingerprint density at radius 1 is 1.25 bits per heavy atom. The summed E-state index contributed by atoms with van der Waals surface area (Å²) < 4.78 is 52.5. The number of esters is 1. The minimum atomic E-state index is -4.95. The van der Waals surface area contributed by atoms with Crippen LogP contribution >= 0.6 is 0 Å². The van der Waals surface area contributed by atoms with Crippen molar-refractivity contribution >= 4 is 16.9 Å². The van der Waals surface area contributed by atoms with E-state index in [0.29, 0.717) is 18.6 Å². The summed E-state index contributed by atoms with van der Waals surface area (Å²) >= 11 is 0. The first-order chi connectivity index (χ1) is 17.3. The first-order valence-electron chi connectivity index (χ1n) is 11.2. The van der Waals surface area contributed by atoms with Gasteiger partial charge in [-0.25, -0.2) is 0 Å². The van der Waals surface area contributed by atoms with Crippen molar-refractivity contribution in [2.24, 2.45) is 0 Å². The largest absolute Gasteiger partial charge is 0.573 e. The zero-order valence-corrected chi connectivity index (χ0v) is 19.0. The third kappa shape index (κ3) is 4.49. The van der Waals surface area contributed by atoms with Crippen molar-refractivity contribution in [1.82, 2.24) is 15.1 Å². The first-order valence-corrected chi connectivity index (χ1v) is 11.2. The number of aromatic nitrogens is 3. The molecular formula is C25H19F3N4O4. The Balaban J connectivity index is 1.44. The van der Waals surface area contributed by atoms with Gasteiger partial charge in [-0.2, -0.15) is 10.2 Å². The number of hydrogen-bond donors (Lipinski definition) is 1. The number of ether oxygens (including phenoxy) is 2. The lowest BCUT2D eigenvalue weighted by Crippen LogP contribution is -2.17. The number of carbonyl (C=O) groups excluding carboxylic acids is 1. The average molecular weight is 496 g/mol. The van der Waals surface area contributed by atoms with Gasteiger partial charge in [0.05, 0.1) is 18.6 Å². The molecule has 0 aliphatic heterocycles. The molecule has 5 rings (SSSR count). The molecule has 0 bridgehead atoms. The zero-order valence-electron chi connectivity index (χ0n) is 19.0. The molecule has 0 radical (unpaired) electrons. The minimum Gasteiger partial charge on any atom is -0.466 e. The number of fused-ring (bicyclic) bond motifs is 3. The second kappa shape index (κ2) is 9.03. The Morgan fingerprint density at radius 2 is 2.06 bits per heavy atom. The van der Waals surface area contributed by atoms with Gasteiger partial charge < -0.3 is 19.0 Å². The monoisotopic (exact) mass is 496 g/mol. The molecule has 8 nitrogen and oxygen atoms in total. The number of aryl methyl sites for hydroxylation is 1. The van der Waals surface area contributed by atoms with Crippen molar-refractivity contribution in [1.29, 1.82) is 5.26 Å². The molecule has 0 saturated carbocycles. The van der Waals surface area contributed by atoms with E-state index in [9.17, 15) is 18.0 Å². The van der Waals surface area contributed by atoms with Crippen molar-refractivity contribution in [3.8, 4) is 34.7 Å². The minimum absolute atomic E-state index is 0.0181. The lowest BCUT2D eigenvalue weighted by Gasteiger charge is -2.10. The molecule has 2 aromatic carbocycles.